The number of aliphatic hydroxyl groups excluding tert-OH is 1. The molecule has 224 valence electrons. The van der Waals surface area contributed by atoms with Gasteiger partial charge in [-0.1, -0.05) is 69.2 Å². The summed E-state index contributed by atoms with van der Waals surface area (Å²) in [6, 6.07) is 0. The van der Waals surface area contributed by atoms with E-state index in [1.165, 1.54) is 10.9 Å². The van der Waals surface area contributed by atoms with Crippen molar-refractivity contribution >= 4 is 40.1 Å². The van der Waals surface area contributed by atoms with Gasteiger partial charge in [-0.05, 0) is 22.2 Å². The standard InChI is InChI=1S/C26H45N5O7Si2/c1-13(2)23(33)29-26-28-22-19(24(34)30-26)27-12-31(22)25-20(32)21-18(36-25)11-35-39(14(3)4,15(5)6)38-40(37-21,16(7)8)17(9)10/h12-18,20-21,25,32H,11H2,1-10H3,(H2,28,29,30,33,34)/t18-,20-,21-,25-/m1/s1. The van der Waals surface area contributed by atoms with Crippen molar-refractivity contribution in [3.05, 3.63) is 16.7 Å². The Balaban J connectivity index is 1.76. The molecule has 12 nitrogen and oxygen atoms in total. The van der Waals surface area contributed by atoms with Crippen molar-refractivity contribution in [2.75, 3.05) is 11.9 Å². The van der Waals surface area contributed by atoms with Gasteiger partial charge < -0.3 is 22.8 Å². The van der Waals surface area contributed by atoms with Crippen LogP contribution in [0.3, 0.4) is 0 Å². The van der Waals surface area contributed by atoms with E-state index in [4.69, 9.17) is 17.7 Å². The molecule has 2 fully saturated rings. The van der Waals surface area contributed by atoms with Crippen molar-refractivity contribution in [1.82, 2.24) is 19.5 Å². The fourth-order valence-corrected chi connectivity index (χ4v) is 17.0. The first kappa shape index (κ1) is 31.0. The molecule has 40 heavy (non-hydrogen) atoms. The highest BCUT2D eigenvalue weighted by Crippen LogP contribution is 2.48. The first-order valence-electron chi connectivity index (χ1n) is 14.3. The number of hydrogen-bond acceptors (Lipinski definition) is 9. The highest BCUT2D eigenvalue weighted by Gasteiger charge is 2.61. The average molecular weight is 596 g/mol. The molecule has 0 bridgehead atoms. The van der Waals surface area contributed by atoms with E-state index in [0.717, 1.165) is 0 Å². The molecule has 2 aromatic heterocycles. The van der Waals surface area contributed by atoms with E-state index >= 15 is 0 Å². The van der Waals surface area contributed by atoms with Crippen LogP contribution in [0.15, 0.2) is 11.1 Å². The van der Waals surface area contributed by atoms with Crippen molar-refractivity contribution in [2.24, 2.45) is 5.92 Å². The molecule has 2 aliphatic heterocycles. The maximum Gasteiger partial charge on any atom is 0.335 e. The Labute approximate surface area is 237 Å². The normalized spacial score (nSPS) is 26.6. The molecule has 4 atom stereocenters. The minimum atomic E-state index is -2.97. The number of imidazole rings is 1. The lowest BCUT2D eigenvalue weighted by Gasteiger charge is -2.51. The van der Waals surface area contributed by atoms with E-state index in [1.54, 1.807) is 13.8 Å². The van der Waals surface area contributed by atoms with Gasteiger partial charge in [-0.25, -0.2) is 4.98 Å². The van der Waals surface area contributed by atoms with Gasteiger partial charge in [0.05, 0.1) is 12.9 Å². The first-order valence-corrected chi connectivity index (χ1v) is 18.2. The van der Waals surface area contributed by atoms with Crippen LogP contribution < -0.4 is 10.9 Å². The monoisotopic (exact) mass is 595 g/mol. The van der Waals surface area contributed by atoms with E-state index < -0.39 is 47.2 Å². The molecule has 3 N–H and O–H groups in total. The number of aromatic amines is 1. The fraction of sp³-hybridized carbons (Fsp3) is 0.769. The SMILES string of the molecule is CC(C)C(=O)Nc1nc2c(ncn2[C@@H]2O[C@@H]3CO[Si](C(C)C)(C(C)C)O[Si](C(C)C)(C(C)C)O[C@H]3[C@H]2O)c(=O)[nH]1. The number of aromatic nitrogens is 4. The van der Waals surface area contributed by atoms with Gasteiger partial charge in [0.25, 0.3) is 5.56 Å². The molecule has 2 aromatic rings. The van der Waals surface area contributed by atoms with Gasteiger partial charge in [-0.15, -0.1) is 0 Å². The van der Waals surface area contributed by atoms with Crippen molar-refractivity contribution < 1.29 is 27.6 Å². The number of amides is 1. The Kier molecular flexibility index (Phi) is 8.82. The van der Waals surface area contributed by atoms with Crippen LogP contribution in [0.5, 0.6) is 0 Å². The number of rotatable bonds is 7. The van der Waals surface area contributed by atoms with Gasteiger partial charge in [0.15, 0.2) is 17.4 Å². The first-order chi connectivity index (χ1) is 18.6. The van der Waals surface area contributed by atoms with Gasteiger partial charge in [0.1, 0.15) is 18.3 Å². The second-order valence-corrected chi connectivity index (χ2v) is 21.3. The summed E-state index contributed by atoms with van der Waals surface area (Å²) in [5.41, 5.74) is 0.271. The maximum atomic E-state index is 12.8. The molecule has 0 aliphatic carbocycles. The van der Waals surface area contributed by atoms with E-state index in [9.17, 15) is 14.7 Å². The topological polar surface area (TPSA) is 150 Å². The van der Waals surface area contributed by atoms with Crippen molar-refractivity contribution in [1.29, 1.82) is 0 Å². The Morgan fingerprint density at radius 3 is 2.20 bits per heavy atom. The zero-order valence-electron chi connectivity index (χ0n) is 25.2. The van der Waals surface area contributed by atoms with Gasteiger partial charge in [-0.3, -0.25) is 24.5 Å². The predicted octanol–water partition coefficient (Wildman–Crippen LogP) is 3.93. The molecular formula is C26H45N5O7Si2. The molecular weight excluding hydrogens is 550 g/mol. The molecule has 2 aliphatic rings. The Morgan fingerprint density at radius 1 is 1.05 bits per heavy atom. The second-order valence-electron chi connectivity index (χ2n) is 12.5. The zero-order valence-corrected chi connectivity index (χ0v) is 27.2. The maximum absolute atomic E-state index is 12.8. The van der Waals surface area contributed by atoms with Crippen molar-refractivity contribution in [3.63, 3.8) is 0 Å². The van der Waals surface area contributed by atoms with Crippen molar-refractivity contribution in [3.8, 4) is 0 Å². The van der Waals surface area contributed by atoms with Gasteiger partial charge in [-0.2, -0.15) is 4.98 Å². The van der Waals surface area contributed by atoms with Crippen LogP contribution in [0.2, 0.25) is 22.2 Å². The quantitative estimate of drug-likeness (QED) is 0.405. The Hall–Kier alpha value is -1.95. The minimum absolute atomic E-state index is 0.000117. The number of carbonyl (C=O) groups excluding carboxylic acids is 1. The smallest absolute Gasteiger partial charge is 0.335 e. The number of hydrogen-bond donors (Lipinski definition) is 3. The predicted molar refractivity (Wildman–Crippen MR) is 155 cm³/mol. The van der Waals surface area contributed by atoms with E-state index in [0.29, 0.717) is 0 Å². The summed E-state index contributed by atoms with van der Waals surface area (Å²) in [4.78, 5) is 36.2. The lowest BCUT2D eigenvalue weighted by molar-refractivity contribution is -0.118. The second kappa shape index (κ2) is 11.4. The van der Waals surface area contributed by atoms with Gasteiger partial charge >= 0.3 is 17.1 Å². The number of nitrogens with zero attached hydrogens (tertiary/aromatic N) is 3. The largest absolute Gasteiger partial charge is 0.414 e. The molecule has 0 unspecified atom stereocenters. The summed E-state index contributed by atoms with van der Waals surface area (Å²) in [5, 5.41) is 14.3. The van der Waals surface area contributed by atoms with Crippen LogP contribution in [-0.4, -0.2) is 72.6 Å². The molecule has 4 rings (SSSR count). The number of nitrogens with one attached hydrogen (secondary N) is 2. The number of fused-ring (bicyclic) bond motifs is 2. The average Bonchev–Trinajstić information content (AvgIpc) is 3.39. The zero-order chi connectivity index (χ0) is 29.7. The van der Waals surface area contributed by atoms with Crippen LogP contribution in [-0.2, 0) is 22.5 Å². The van der Waals surface area contributed by atoms with E-state index in [-0.39, 0.29) is 57.7 Å². The Bertz CT molecular complexity index is 1260. The molecule has 0 aromatic carbocycles. The fourth-order valence-electron chi connectivity index (χ4n) is 5.80. The van der Waals surface area contributed by atoms with Crippen LogP contribution in [0.1, 0.15) is 75.5 Å². The minimum Gasteiger partial charge on any atom is -0.414 e. The van der Waals surface area contributed by atoms with Crippen LogP contribution >= 0.6 is 0 Å². The van der Waals surface area contributed by atoms with E-state index in [1.807, 2.05) is 0 Å². The molecule has 0 saturated carbocycles. The highest BCUT2D eigenvalue weighted by molar-refractivity contribution is 6.84. The van der Waals surface area contributed by atoms with Crippen LogP contribution in [0.25, 0.3) is 11.2 Å². The number of aliphatic hydroxyl groups is 1. The molecule has 0 spiro atoms. The lowest BCUT2D eigenvalue weighted by Crippen LogP contribution is -2.65. The van der Waals surface area contributed by atoms with Crippen LogP contribution in [0.4, 0.5) is 5.95 Å². The number of anilines is 1. The lowest BCUT2D eigenvalue weighted by atomic mass is 10.1. The summed E-state index contributed by atoms with van der Waals surface area (Å²) >= 11 is 0. The summed E-state index contributed by atoms with van der Waals surface area (Å²) in [6.07, 6.45) is -1.92. The third-order valence-corrected chi connectivity index (χ3v) is 18.4. The highest BCUT2D eigenvalue weighted by atomic mass is 28.5. The molecule has 0 radical (unpaired) electrons. The van der Waals surface area contributed by atoms with Gasteiger partial charge in [0.2, 0.25) is 11.9 Å². The number of ether oxygens (including phenoxy) is 1. The van der Waals surface area contributed by atoms with Gasteiger partial charge in [0, 0.05) is 5.92 Å². The summed E-state index contributed by atoms with van der Waals surface area (Å²) in [7, 11) is -5.75. The van der Waals surface area contributed by atoms with Crippen molar-refractivity contribution in [2.45, 2.75) is 116 Å². The number of carbonyl (C=O) groups is 1. The van der Waals surface area contributed by atoms with E-state index in [2.05, 4.69) is 75.7 Å². The summed E-state index contributed by atoms with van der Waals surface area (Å²) < 4.78 is 28.9. The molecule has 4 heterocycles. The Morgan fingerprint density at radius 2 is 1.65 bits per heavy atom. The molecule has 2 saturated heterocycles. The third kappa shape index (κ3) is 5.23. The summed E-state index contributed by atoms with van der Waals surface area (Å²) in [6.45, 7) is 20.8. The number of H-pyrrole nitrogens is 1. The third-order valence-electron chi connectivity index (χ3n) is 8.11. The molecule has 1 amide bonds. The summed E-state index contributed by atoms with van der Waals surface area (Å²) in [5.74, 6) is -0.596. The van der Waals surface area contributed by atoms with Crippen LogP contribution in [0, 0.1) is 5.92 Å². The molecule has 14 heteroatoms.